The first-order valence-electron chi connectivity index (χ1n) is 8.41. The molecule has 1 saturated heterocycles. The van der Waals surface area contributed by atoms with Gasteiger partial charge in [0.1, 0.15) is 0 Å². The van der Waals surface area contributed by atoms with Crippen LogP contribution in [0.5, 0.6) is 0 Å². The van der Waals surface area contributed by atoms with Gasteiger partial charge in [-0.05, 0) is 45.2 Å². The predicted molar refractivity (Wildman–Crippen MR) is 88.1 cm³/mol. The van der Waals surface area contributed by atoms with Crippen LogP contribution in [-0.2, 0) is 11.3 Å². The van der Waals surface area contributed by atoms with E-state index in [2.05, 4.69) is 28.3 Å². The number of carbonyl (C=O) groups is 1. The Morgan fingerprint density at radius 1 is 1.43 bits per heavy atom. The maximum atomic E-state index is 12.5. The fourth-order valence-corrected chi connectivity index (χ4v) is 3.39. The van der Waals surface area contributed by atoms with E-state index >= 15 is 0 Å². The summed E-state index contributed by atoms with van der Waals surface area (Å²) in [6.45, 7) is 6.55. The smallest absolute Gasteiger partial charge is 0.222 e. The zero-order chi connectivity index (χ0) is 16.2. The summed E-state index contributed by atoms with van der Waals surface area (Å²) in [4.78, 5) is 14.5. The topological polar surface area (TPSA) is 66.8 Å². The summed E-state index contributed by atoms with van der Waals surface area (Å²) in [5.74, 6) is 0.655. The Morgan fingerprint density at radius 3 is 3.00 bits per heavy atom. The van der Waals surface area contributed by atoms with Gasteiger partial charge in [-0.25, -0.2) is 0 Å². The average Bonchev–Trinajstić information content (AvgIpc) is 3.17. The van der Waals surface area contributed by atoms with Crippen LogP contribution in [0.25, 0.3) is 0 Å². The summed E-state index contributed by atoms with van der Waals surface area (Å²) < 4.78 is 1.99. The number of amides is 1. The van der Waals surface area contributed by atoms with Crippen molar-refractivity contribution in [3.05, 3.63) is 35.4 Å². The average molecular weight is 315 g/mol. The molecule has 0 saturated carbocycles. The lowest BCUT2D eigenvalue weighted by Gasteiger charge is -2.32. The van der Waals surface area contributed by atoms with Crippen molar-refractivity contribution < 1.29 is 4.79 Å². The van der Waals surface area contributed by atoms with Crippen molar-refractivity contribution in [1.82, 2.24) is 24.9 Å². The number of aromatic amines is 1. The summed E-state index contributed by atoms with van der Waals surface area (Å²) >= 11 is 0. The van der Waals surface area contributed by atoms with E-state index in [9.17, 15) is 4.79 Å². The van der Waals surface area contributed by atoms with Crippen LogP contribution < -0.4 is 0 Å². The highest BCUT2D eigenvalue weighted by molar-refractivity contribution is 5.76. The van der Waals surface area contributed by atoms with Crippen LogP contribution in [0.15, 0.2) is 18.3 Å². The number of H-pyrrole nitrogens is 1. The van der Waals surface area contributed by atoms with Gasteiger partial charge >= 0.3 is 0 Å². The Kier molecular flexibility index (Phi) is 4.79. The van der Waals surface area contributed by atoms with Crippen LogP contribution in [0.4, 0.5) is 0 Å². The molecular weight excluding hydrogens is 290 g/mol. The Labute approximate surface area is 136 Å². The van der Waals surface area contributed by atoms with Gasteiger partial charge < -0.3 is 4.90 Å². The predicted octanol–water partition coefficient (Wildman–Crippen LogP) is 2.41. The first-order valence-corrected chi connectivity index (χ1v) is 8.41. The third-order valence-electron chi connectivity index (χ3n) is 4.60. The van der Waals surface area contributed by atoms with E-state index in [-0.39, 0.29) is 5.91 Å². The summed E-state index contributed by atoms with van der Waals surface area (Å²) in [5.41, 5.74) is 3.34. The van der Waals surface area contributed by atoms with Crippen LogP contribution in [-0.4, -0.2) is 43.9 Å². The maximum absolute atomic E-state index is 12.5. The molecule has 1 fully saturated rings. The fraction of sp³-hybridized carbons (Fsp3) is 0.588. The molecule has 3 heterocycles. The maximum Gasteiger partial charge on any atom is 0.222 e. The Balaban J connectivity index is 1.49. The number of rotatable bonds is 5. The number of aryl methyl sites for hydroxylation is 3. The fourth-order valence-electron chi connectivity index (χ4n) is 3.39. The lowest BCUT2D eigenvalue weighted by Crippen LogP contribution is -2.39. The summed E-state index contributed by atoms with van der Waals surface area (Å²) in [6, 6.07) is 4.09. The molecule has 1 unspecified atom stereocenters. The molecule has 1 atom stereocenters. The highest BCUT2D eigenvalue weighted by atomic mass is 16.2. The quantitative estimate of drug-likeness (QED) is 0.921. The van der Waals surface area contributed by atoms with Crippen molar-refractivity contribution in [1.29, 1.82) is 0 Å². The molecule has 6 nitrogen and oxygen atoms in total. The van der Waals surface area contributed by atoms with Crippen LogP contribution >= 0.6 is 0 Å². The molecule has 1 amide bonds. The highest BCUT2D eigenvalue weighted by Gasteiger charge is 2.25. The van der Waals surface area contributed by atoms with Crippen molar-refractivity contribution in [2.24, 2.45) is 0 Å². The van der Waals surface area contributed by atoms with E-state index in [1.165, 1.54) is 0 Å². The number of carbonyl (C=O) groups excluding carboxylic acids is 1. The molecule has 0 bridgehead atoms. The Hall–Kier alpha value is -2.11. The molecule has 6 heteroatoms. The molecule has 2 aromatic heterocycles. The lowest BCUT2D eigenvalue weighted by atomic mass is 9.94. The second kappa shape index (κ2) is 6.98. The number of hydrogen-bond donors (Lipinski definition) is 1. The van der Waals surface area contributed by atoms with Gasteiger partial charge in [0, 0.05) is 49.6 Å². The van der Waals surface area contributed by atoms with Crippen molar-refractivity contribution in [3.8, 4) is 0 Å². The van der Waals surface area contributed by atoms with Gasteiger partial charge in [-0.15, -0.1) is 0 Å². The lowest BCUT2D eigenvalue weighted by molar-refractivity contribution is -0.132. The first-order chi connectivity index (χ1) is 11.1. The summed E-state index contributed by atoms with van der Waals surface area (Å²) in [6.07, 6.45) is 5.40. The van der Waals surface area contributed by atoms with Gasteiger partial charge in [-0.2, -0.15) is 10.2 Å². The third kappa shape index (κ3) is 3.81. The SMILES string of the molecule is Cc1cc(C)n(CCCC(=O)N2CCCC(c3ccn[nH]3)C2)n1. The van der Waals surface area contributed by atoms with Crippen LogP contribution in [0.2, 0.25) is 0 Å². The molecule has 0 aromatic carbocycles. The van der Waals surface area contributed by atoms with Gasteiger partial charge in [0.2, 0.25) is 5.91 Å². The Bertz CT molecular complexity index is 646. The zero-order valence-electron chi connectivity index (χ0n) is 14.0. The number of likely N-dealkylation sites (tertiary alicyclic amines) is 1. The van der Waals surface area contributed by atoms with Gasteiger partial charge in [0.15, 0.2) is 0 Å². The molecule has 1 aliphatic rings. The van der Waals surface area contributed by atoms with Gasteiger partial charge in [-0.1, -0.05) is 0 Å². The zero-order valence-corrected chi connectivity index (χ0v) is 14.0. The summed E-state index contributed by atoms with van der Waals surface area (Å²) in [5, 5.41) is 11.5. The number of hydrogen-bond acceptors (Lipinski definition) is 3. The van der Waals surface area contributed by atoms with E-state index < -0.39 is 0 Å². The van der Waals surface area contributed by atoms with Crippen LogP contribution in [0.1, 0.15) is 48.7 Å². The molecule has 124 valence electrons. The number of nitrogens with one attached hydrogen (secondary N) is 1. The van der Waals surface area contributed by atoms with Gasteiger partial charge in [0.25, 0.3) is 0 Å². The molecule has 23 heavy (non-hydrogen) atoms. The van der Waals surface area contributed by atoms with Crippen LogP contribution in [0.3, 0.4) is 0 Å². The normalized spacial score (nSPS) is 18.3. The minimum atomic E-state index is 0.260. The van der Waals surface area contributed by atoms with E-state index in [0.717, 1.165) is 56.0 Å². The molecular formula is C17H25N5O. The second-order valence-electron chi connectivity index (χ2n) is 6.44. The highest BCUT2D eigenvalue weighted by Crippen LogP contribution is 2.25. The largest absolute Gasteiger partial charge is 0.342 e. The minimum absolute atomic E-state index is 0.260. The van der Waals surface area contributed by atoms with E-state index in [0.29, 0.717) is 12.3 Å². The number of piperidine rings is 1. The van der Waals surface area contributed by atoms with Crippen molar-refractivity contribution in [2.45, 2.75) is 52.0 Å². The minimum Gasteiger partial charge on any atom is -0.342 e. The second-order valence-corrected chi connectivity index (χ2v) is 6.44. The Morgan fingerprint density at radius 2 is 2.30 bits per heavy atom. The van der Waals surface area contributed by atoms with Crippen LogP contribution in [0, 0.1) is 13.8 Å². The van der Waals surface area contributed by atoms with Crippen molar-refractivity contribution >= 4 is 5.91 Å². The third-order valence-corrected chi connectivity index (χ3v) is 4.60. The number of aromatic nitrogens is 4. The summed E-state index contributed by atoms with van der Waals surface area (Å²) in [7, 11) is 0. The molecule has 0 radical (unpaired) electrons. The molecule has 0 spiro atoms. The van der Waals surface area contributed by atoms with E-state index in [1.807, 2.05) is 22.6 Å². The molecule has 0 aliphatic carbocycles. The molecule has 1 aliphatic heterocycles. The van der Waals surface area contributed by atoms with E-state index in [1.54, 1.807) is 6.20 Å². The molecule has 1 N–H and O–H groups in total. The van der Waals surface area contributed by atoms with Gasteiger partial charge in [0.05, 0.1) is 5.69 Å². The molecule has 2 aromatic rings. The monoisotopic (exact) mass is 315 g/mol. The molecule has 3 rings (SSSR count). The van der Waals surface area contributed by atoms with Crippen molar-refractivity contribution in [3.63, 3.8) is 0 Å². The standard InChI is InChI=1S/C17H25N5O/c1-13-11-14(2)22(20-13)10-4-6-17(23)21-9-3-5-15(12-21)16-7-8-18-19-16/h7-8,11,15H,3-6,9-10,12H2,1-2H3,(H,18,19). The number of nitrogens with zero attached hydrogens (tertiary/aromatic N) is 4. The van der Waals surface area contributed by atoms with E-state index in [4.69, 9.17) is 0 Å². The first kappa shape index (κ1) is 15.8. The van der Waals surface area contributed by atoms with Crippen molar-refractivity contribution in [2.75, 3.05) is 13.1 Å². The van der Waals surface area contributed by atoms with Gasteiger partial charge in [-0.3, -0.25) is 14.6 Å².